The Labute approximate surface area is 151 Å². The van der Waals surface area contributed by atoms with E-state index in [0.717, 1.165) is 12.0 Å². The maximum Gasteiger partial charge on any atom is 0.276 e. The second-order valence-electron chi connectivity index (χ2n) is 7.43. The molecule has 0 unspecified atom stereocenters. The van der Waals surface area contributed by atoms with Crippen LogP contribution in [-0.2, 0) is 10.0 Å². The molecule has 136 valence electrons. The molecule has 0 bridgehead atoms. The van der Waals surface area contributed by atoms with E-state index in [1.807, 2.05) is 13.0 Å². The lowest BCUT2D eigenvalue weighted by atomic mass is 9.72. The van der Waals surface area contributed by atoms with Crippen LogP contribution in [0.5, 0.6) is 0 Å². The molecule has 1 N–H and O–H groups in total. The van der Waals surface area contributed by atoms with Gasteiger partial charge in [0.05, 0.1) is 10.6 Å². The third kappa shape index (κ3) is 5.05. The van der Waals surface area contributed by atoms with Crippen molar-refractivity contribution in [3.63, 3.8) is 0 Å². The van der Waals surface area contributed by atoms with E-state index in [4.69, 9.17) is 0 Å². The fraction of sp³-hybridized carbons (Fsp3) is 0.450. The number of hydrogen-bond donors (Lipinski definition) is 1. The maximum absolute atomic E-state index is 12.3. The van der Waals surface area contributed by atoms with Crippen LogP contribution in [0.15, 0.2) is 57.6 Å². The van der Waals surface area contributed by atoms with Crippen LogP contribution in [0.4, 0.5) is 0 Å². The van der Waals surface area contributed by atoms with E-state index in [9.17, 15) is 8.42 Å². The van der Waals surface area contributed by atoms with Gasteiger partial charge in [0.25, 0.3) is 10.0 Å². The Morgan fingerprint density at radius 2 is 1.84 bits per heavy atom. The molecule has 0 aromatic heterocycles. The van der Waals surface area contributed by atoms with Crippen molar-refractivity contribution < 1.29 is 8.42 Å². The highest BCUT2D eigenvalue weighted by Crippen LogP contribution is 2.40. The van der Waals surface area contributed by atoms with Gasteiger partial charge in [-0.2, -0.15) is 18.4 Å². The third-order valence-corrected chi connectivity index (χ3v) is 5.93. The van der Waals surface area contributed by atoms with Crippen molar-refractivity contribution in [2.75, 3.05) is 0 Å². The molecule has 0 saturated carbocycles. The number of hydrazone groups is 1. The van der Waals surface area contributed by atoms with Crippen LogP contribution in [0.2, 0.25) is 0 Å². The molecule has 1 aromatic rings. The number of hydrogen-bond acceptors (Lipinski definition) is 3. The van der Waals surface area contributed by atoms with Crippen molar-refractivity contribution in [1.29, 1.82) is 0 Å². The average molecular weight is 361 g/mol. The highest BCUT2D eigenvalue weighted by Gasteiger charge is 2.26. The molecular weight excluding hydrogens is 332 g/mol. The van der Waals surface area contributed by atoms with E-state index in [-0.39, 0.29) is 10.3 Å². The topological polar surface area (TPSA) is 58.5 Å². The van der Waals surface area contributed by atoms with E-state index in [1.54, 1.807) is 31.2 Å². The molecule has 0 amide bonds. The van der Waals surface area contributed by atoms with Crippen LogP contribution in [0.1, 0.15) is 52.5 Å². The molecule has 1 aromatic carbocycles. The van der Waals surface area contributed by atoms with Gasteiger partial charge < -0.3 is 0 Å². The summed E-state index contributed by atoms with van der Waals surface area (Å²) in [6, 6.07) is 6.70. The summed E-state index contributed by atoms with van der Waals surface area (Å²) < 4.78 is 24.5. The SMILES string of the molecule is CC1=C(/C=C/C(C)=N/NS(=O)(=O)c2ccc(C)cc2)C(C)(C)CCC1. The predicted octanol–water partition coefficient (Wildman–Crippen LogP) is 4.73. The van der Waals surface area contributed by atoms with Crippen molar-refractivity contribution >= 4 is 15.7 Å². The van der Waals surface area contributed by atoms with Crippen LogP contribution in [0.3, 0.4) is 0 Å². The molecule has 0 fully saturated rings. The minimum atomic E-state index is -3.63. The minimum absolute atomic E-state index is 0.153. The summed E-state index contributed by atoms with van der Waals surface area (Å²) in [5.41, 5.74) is 4.52. The Hall–Kier alpha value is -1.88. The Morgan fingerprint density at radius 1 is 1.20 bits per heavy atom. The lowest BCUT2D eigenvalue weighted by molar-refractivity contribution is 0.377. The van der Waals surface area contributed by atoms with Gasteiger partial charge in [-0.25, -0.2) is 0 Å². The number of aryl methyl sites for hydroxylation is 1. The molecular formula is C20H28N2O2S. The Kier molecular flexibility index (Phi) is 5.88. The average Bonchev–Trinajstić information content (AvgIpc) is 2.52. The number of nitrogens with zero attached hydrogens (tertiary/aromatic N) is 1. The molecule has 1 aliphatic carbocycles. The molecule has 0 spiro atoms. The number of sulfonamides is 1. The number of allylic oxidation sites excluding steroid dienone is 4. The summed E-state index contributed by atoms with van der Waals surface area (Å²) in [7, 11) is -3.63. The maximum atomic E-state index is 12.3. The smallest absolute Gasteiger partial charge is 0.200 e. The van der Waals surface area contributed by atoms with Gasteiger partial charge in [-0.3, -0.25) is 0 Å². The Morgan fingerprint density at radius 3 is 2.44 bits per heavy atom. The standard InChI is InChI=1S/C20H28N2O2S/c1-15-8-11-18(12-9-15)25(23,24)22-21-17(3)10-13-19-16(2)7-6-14-20(19,4)5/h8-13,22H,6-7,14H2,1-5H3/b13-10+,21-17+. The van der Waals surface area contributed by atoms with Crippen LogP contribution in [-0.4, -0.2) is 14.1 Å². The highest BCUT2D eigenvalue weighted by atomic mass is 32.2. The third-order valence-electron chi connectivity index (χ3n) is 4.71. The van der Waals surface area contributed by atoms with E-state index in [1.165, 1.54) is 24.0 Å². The molecule has 1 aliphatic rings. The first-order valence-corrected chi connectivity index (χ1v) is 10.1. The first-order chi connectivity index (χ1) is 11.6. The summed E-state index contributed by atoms with van der Waals surface area (Å²) in [4.78, 5) is 2.52. The van der Waals surface area contributed by atoms with Crippen LogP contribution in [0.25, 0.3) is 0 Å². The van der Waals surface area contributed by atoms with Crippen LogP contribution >= 0.6 is 0 Å². The van der Waals surface area contributed by atoms with E-state index in [2.05, 4.69) is 36.8 Å². The zero-order valence-electron chi connectivity index (χ0n) is 15.8. The van der Waals surface area contributed by atoms with E-state index >= 15 is 0 Å². The molecule has 2 rings (SSSR count). The van der Waals surface area contributed by atoms with Crippen molar-refractivity contribution in [3.8, 4) is 0 Å². The van der Waals surface area contributed by atoms with Gasteiger partial charge in [-0.15, -0.1) is 0 Å². The molecule has 0 radical (unpaired) electrons. The zero-order valence-corrected chi connectivity index (χ0v) is 16.6. The zero-order chi connectivity index (χ0) is 18.7. The van der Waals surface area contributed by atoms with Gasteiger partial charge in [0.1, 0.15) is 0 Å². The van der Waals surface area contributed by atoms with Crippen LogP contribution in [0, 0.1) is 12.3 Å². The van der Waals surface area contributed by atoms with Gasteiger partial charge in [0.15, 0.2) is 0 Å². The quantitative estimate of drug-likeness (QED) is 0.609. The lowest BCUT2D eigenvalue weighted by Gasteiger charge is -2.32. The van der Waals surface area contributed by atoms with Crippen molar-refractivity contribution in [3.05, 3.63) is 53.1 Å². The van der Waals surface area contributed by atoms with Crippen LogP contribution < -0.4 is 4.83 Å². The van der Waals surface area contributed by atoms with E-state index < -0.39 is 10.0 Å². The lowest BCUT2D eigenvalue weighted by Crippen LogP contribution is -2.20. The fourth-order valence-corrected chi connectivity index (χ4v) is 4.02. The normalized spacial score (nSPS) is 18.7. The largest absolute Gasteiger partial charge is 0.276 e. The van der Waals surface area contributed by atoms with Gasteiger partial charge >= 0.3 is 0 Å². The van der Waals surface area contributed by atoms with E-state index in [0.29, 0.717) is 5.71 Å². The number of benzene rings is 1. The van der Waals surface area contributed by atoms with Crippen molar-refractivity contribution in [1.82, 2.24) is 4.83 Å². The molecule has 0 heterocycles. The molecule has 0 saturated heterocycles. The number of rotatable bonds is 5. The predicted molar refractivity (Wildman–Crippen MR) is 104 cm³/mol. The highest BCUT2D eigenvalue weighted by molar-refractivity contribution is 7.89. The van der Waals surface area contributed by atoms with Gasteiger partial charge in [-0.05, 0) is 69.2 Å². The van der Waals surface area contributed by atoms with Crippen molar-refractivity contribution in [2.45, 2.75) is 58.8 Å². The first kappa shape index (κ1) is 19.4. The molecule has 4 nitrogen and oxygen atoms in total. The second-order valence-corrected chi connectivity index (χ2v) is 9.09. The number of nitrogens with one attached hydrogen (secondary N) is 1. The summed E-state index contributed by atoms with van der Waals surface area (Å²) in [6.45, 7) is 10.4. The minimum Gasteiger partial charge on any atom is -0.200 e. The molecule has 0 aliphatic heterocycles. The first-order valence-electron chi connectivity index (χ1n) is 8.63. The fourth-order valence-electron chi connectivity index (χ4n) is 3.15. The van der Waals surface area contributed by atoms with Crippen molar-refractivity contribution in [2.24, 2.45) is 10.5 Å². The van der Waals surface area contributed by atoms with Gasteiger partial charge in [-0.1, -0.05) is 43.2 Å². The Bertz CT molecular complexity index is 814. The second kappa shape index (κ2) is 7.56. The summed E-state index contributed by atoms with van der Waals surface area (Å²) in [5, 5.41) is 4.02. The molecule has 5 heteroatoms. The molecule has 25 heavy (non-hydrogen) atoms. The summed E-state index contributed by atoms with van der Waals surface area (Å²) in [5.74, 6) is 0. The molecule has 0 atom stereocenters. The monoisotopic (exact) mass is 360 g/mol. The summed E-state index contributed by atoms with van der Waals surface area (Å²) >= 11 is 0. The Balaban J connectivity index is 2.12. The van der Waals surface area contributed by atoms with Gasteiger partial charge in [0.2, 0.25) is 0 Å². The van der Waals surface area contributed by atoms with Gasteiger partial charge in [0, 0.05) is 0 Å². The summed E-state index contributed by atoms with van der Waals surface area (Å²) in [6.07, 6.45) is 7.47.